The zero-order chi connectivity index (χ0) is 22.2. The fraction of sp³-hybridized carbons (Fsp3) is 0.292. The number of aromatic nitrogens is 2. The molecule has 0 aliphatic carbocycles. The highest BCUT2D eigenvalue weighted by atomic mass is 35.5. The Kier molecular flexibility index (Phi) is 5.35. The van der Waals surface area contributed by atoms with Crippen LogP contribution in [0, 0.1) is 6.92 Å². The molecule has 2 aromatic heterocycles. The summed E-state index contributed by atoms with van der Waals surface area (Å²) in [6.07, 6.45) is 1.60. The fourth-order valence-corrected chi connectivity index (χ4v) is 4.83. The standard InChI is InChI=1S/C24H23ClN4O3/c1-15-20-22(27-32-15)21-18(25)10-5-11-19(21)29(23(20)30)17-9-6-12-28(14-17)24(31)26-13-16-7-3-2-4-8-16/h2-5,7-8,10-11,17H,6,9,12-14H2,1H3,(H,26,31). The molecule has 32 heavy (non-hydrogen) atoms. The van der Waals surface area contributed by atoms with E-state index < -0.39 is 0 Å². The summed E-state index contributed by atoms with van der Waals surface area (Å²) in [4.78, 5) is 28.2. The number of halogens is 1. The van der Waals surface area contributed by atoms with Crippen LogP contribution < -0.4 is 10.9 Å². The average molecular weight is 451 g/mol. The van der Waals surface area contributed by atoms with Crippen molar-refractivity contribution in [1.29, 1.82) is 0 Å². The largest absolute Gasteiger partial charge is 0.360 e. The van der Waals surface area contributed by atoms with Gasteiger partial charge in [-0.2, -0.15) is 0 Å². The Hall–Kier alpha value is -3.32. The minimum atomic E-state index is -0.168. The molecule has 5 rings (SSSR count). The van der Waals surface area contributed by atoms with E-state index in [-0.39, 0.29) is 17.6 Å². The molecule has 2 aromatic carbocycles. The molecule has 1 atom stereocenters. The number of carbonyl (C=O) groups is 1. The monoisotopic (exact) mass is 450 g/mol. The Morgan fingerprint density at radius 1 is 1.19 bits per heavy atom. The van der Waals surface area contributed by atoms with Crippen LogP contribution in [0.5, 0.6) is 0 Å². The van der Waals surface area contributed by atoms with Crippen molar-refractivity contribution in [3.63, 3.8) is 0 Å². The van der Waals surface area contributed by atoms with Gasteiger partial charge in [-0.1, -0.05) is 53.2 Å². The number of nitrogens with zero attached hydrogens (tertiary/aromatic N) is 3. The Balaban J connectivity index is 1.49. The number of likely N-dealkylation sites (tertiary alicyclic amines) is 1. The summed E-state index contributed by atoms with van der Waals surface area (Å²) in [6.45, 7) is 3.29. The van der Waals surface area contributed by atoms with E-state index in [0.29, 0.717) is 52.2 Å². The Bertz CT molecular complexity index is 1360. The van der Waals surface area contributed by atoms with Crippen molar-refractivity contribution < 1.29 is 9.32 Å². The number of aryl methyl sites for hydroxylation is 1. The van der Waals surface area contributed by atoms with Crippen LogP contribution in [-0.2, 0) is 6.54 Å². The van der Waals surface area contributed by atoms with Gasteiger partial charge >= 0.3 is 6.03 Å². The maximum absolute atomic E-state index is 13.5. The Morgan fingerprint density at radius 2 is 2.00 bits per heavy atom. The maximum atomic E-state index is 13.5. The average Bonchev–Trinajstić information content (AvgIpc) is 3.20. The van der Waals surface area contributed by atoms with E-state index in [1.165, 1.54) is 0 Å². The summed E-state index contributed by atoms with van der Waals surface area (Å²) < 4.78 is 7.11. The first-order chi connectivity index (χ1) is 15.5. The van der Waals surface area contributed by atoms with E-state index in [1.807, 2.05) is 42.5 Å². The third-order valence-corrected chi connectivity index (χ3v) is 6.43. The van der Waals surface area contributed by atoms with Crippen LogP contribution in [0.3, 0.4) is 0 Å². The van der Waals surface area contributed by atoms with Crippen molar-refractivity contribution in [3.8, 4) is 0 Å². The number of fused-ring (bicyclic) bond motifs is 3. The highest BCUT2D eigenvalue weighted by Crippen LogP contribution is 2.33. The quantitative estimate of drug-likeness (QED) is 0.492. The second-order valence-electron chi connectivity index (χ2n) is 8.16. The lowest BCUT2D eigenvalue weighted by molar-refractivity contribution is 0.167. The van der Waals surface area contributed by atoms with Crippen molar-refractivity contribution in [2.24, 2.45) is 0 Å². The van der Waals surface area contributed by atoms with Crippen LogP contribution >= 0.6 is 11.6 Å². The molecule has 7 nitrogen and oxygen atoms in total. The van der Waals surface area contributed by atoms with Gasteiger partial charge in [0.15, 0.2) is 0 Å². The van der Waals surface area contributed by atoms with Crippen molar-refractivity contribution in [3.05, 3.63) is 75.2 Å². The molecule has 0 bridgehead atoms. The van der Waals surface area contributed by atoms with E-state index in [1.54, 1.807) is 22.5 Å². The maximum Gasteiger partial charge on any atom is 0.317 e. The molecule has 1 aliphatic rings. The van der Waals surface area contributed by atoms with Crippen LogP contribution in [0.25, 0.3) is 21.8 Å². The summed E-state index contributed by atoms with van der Waals surface area (Å²) in [5.41, 5.74) is 2.07. The van der Waals surface area contributed by atoms with Gasteiger partial charge in [0.05, 0.1) is 16.6 Å². The van der Waals surface area contributed by atoms with Crippen LogP contribution in [0.1, 0.15) is 30.2 Å². The normalized spacial score (nSPS) is 16.6. The third kappa shape index (κ3) is 3.52. The van der Waals surface area contributed by atoms with Crippen LogP contribution in [0.4, 0.5) is 4.79 Å². The van der Waals surface area contributed by atoms with E-state index in [9.17, 15) is 9.59 Å². The molecule has 2 amide bonds. The van der Waals surface area contributed by atoms with Crippen molar-refractivity contribution in [1.82, 2.24) is 19.9 Å². The first-order valence-corrected chi connectivity index (χ1v) is 11.1. The summed E-state index contributed by atoms with van der Waals surface area (Å²) in [6, 6.07) is 15.0. The molecule has 164 valence electrons. The second-order valence-corrected chi connectivity index (χ2v) is 8.57. The van der Waals surface area contributed by atoms with Gasteiger partial charge in [-0.3, -0.25) is 4.79 Å². The minimum absolute atomic E-state index is 0.129. The second kappa shape index (κ2) is 8.31. The summed E-state index contributed by atoms with van der Waals surface area (Å²) in [7, 11) is 0. The topological polar surface area (TPSA) is 80.4 Å². The Labute approximate surface area is 189 Å². The summed E-state index contributed by atoms with van der Waals surface area (Å²) in [5.74, 6) is 0.467. The van der Waals surface area contributed by atoms with E-state index in [4.69, 9.17) is 16.1 Å². The molecule has 0 radical (unpaired) electrons. The van der Waals surface area contributed by atoms with Gasteiger partial charge in [0.2, 0.25) is 0 Å². The number of rotatable bonds is 3. The van der Waals surface area contributed by atoms with Crippen LogP contribution in [0.2, 0.25) is 5.02 Å². The number of amides is 2. The molecule has 3 heterocycles. The SMILES string of the molecule is Cc1onc2c1c(=O)n(C1CCCN(C(=O)NCc3ccccc3)C1)c1cccc(Cl)c21. The number of benzene rings is 2. The van der Waals surface area contributed by atoms with Gasteiger partial charge in [0, 0.05) is 25.0 Å². The van der Waals surface area contributed by atoms with Crippen molar-refractivity contribution in [2.45, 2.75) is 32.4 Å². The molecule has 1 saturated heterocycles. The molecule has 4 aromatic rings. The number of nitrogens with one attached hydrogen (secondary N) is 1. The molecule has 8 heteroatoms. The van der Waals surface area contributed by atoms with Crippen LogP contribution in [-0.4, -0.2) is 33.7 Å². The number of piperidine rings is 1. The predicted molar refractivity (Wildman–Crippen MR) is 124 cm³/mol. The van der Waals surface area contributed by atoms with E-state index in [2.05, 4.69) is 10.5 Å². The van der Waals surface area contributed by atoms with Gasteiger partial charge in [-0.05, 0) is 37.5 Å². The van der Waals surface area contributed by atoms with Crippen molar-refractivity contribution in [2.75, 3.05) is 13.1 Å². The predicted octanol–water partition coefficient (Wildman–Crippen LogP) is 4.65. The number of pyridine rings is 1. The molecule has 0 spiro atoms. The first kappa shape index (κ1) is 20.6. The fourth-order valence-electron chi connectivity index (χ4n) is 4.57. The molecule has 1 N–H and O–H groups in total. The summed E-state index contributed by atoms with van der Waals surface area (Å²) in [5, 5.41) is 8.75. The lowest BCUT2D eigenvalue weighted by atomic mass is 10.0. The zero-order valence-corrected chi connectivity index (χ0v) is 18.4. The molecular formula is C24H23ClN4O3. The number of hydrogen-bond donors (Lipinski definition) is 1. The highest BCUT2D eigenvalue weighted by molar-refractivity contribution is 6.37. The lowest BCUT2D eigenvalue weighted by Crippen LogP contribution is -2.47. The number of hydrogen-bond acceptors (Lipinski definition) is 4. The smallest absolute Gasteiger partial charge is 0.317 e. The van der Waals surface area contributed by atoms with Crippen molar-refractivity contribution >= 4 is 39.4 Å². The minimum Gasteiger partial charge on any atom is -0.360 e. The third-order valence-electron chi connectivity index (χ3n) is 6.12. The molecule has 1 fully saturated rings. The number of carbonyl (C=O) groups excluding carboxylic acids is 1. The van der Waals surface area contributed by atoms with E-state index >= 15 is 0 Å². The molecule has 1 aliphatic heterocycles. The van der Waals surface area contributed by atoms with Gasteiger partial charge in [0.1, 0.15) is 16.7 Å². The molecule has 1 unspecified atom stereocenters. The van der Waals surface area contributed by atoms with Crippen LogP contribution in [0.15, 0.2) is 57.8 Å². The first-order valence-electron chi connectivity index (χ1n) is 10.7. The van der Waals surface area contributed by atoms with Gasteiger partial charge in [-0.15, -0.1) is 0 Å². The van der Waals surface area contributed by atoms with Gasteiger partial charge < -0.3 is 19.3 Å². The zero-order valence-electron chi connectivity index (χ0n) is 17.7. The number of urea groups is 1. The highest BCUT2D eigenvalue weighted by Gasteiger charge is 2.28. The Morgan fingerprint density at radius 3 is 2.81 bits per heavy atom. The van der Waals surface area contributed by atoms with E-state index in [0.717, 1.165) is 18.4 Å². The molecular weight excluding hydrogens is 428 g/mol. The van der Waals surface area contributed by atoms with Gasteiger partial charge in [-0.25, -0.2) is 4.79 Å². The lowest BCUT2D eigenvalue weighted by Gasteiger charge is -2.34. The van der Waals surface area contributed by atoms with Gasteiger partial charge in [0.25, 0.3) is 5.56 Å². The summed E-state index contributed by atoms with van der Waals surface area (Å²) >= 11 is 6.52. The molecule has 0 saturated carbocycles.